The number of nitrogens with two attached hydrogens (primary N) is 2. The van der Waals surface area contributed by atoms with Gasteiger partial charge in [-0.05, 0) is 0 Å². The summed E-state index contributed by atoms with van der Waals surface area (Å²) in [5.41, 5.74) is 12.1. The highest BCUT2D eigenvalue weighted by atomic mass is 32.2. The lowest BCUT2D eigenvalue weighted by molar-refractivity contribution is 0.730. The SMILES string of the molecule is NC1=N[C@H](Cc2cnccn2)CS1.NC1=N[C@H](Cc2ncc[nH]2)CS1. The molecule has 0 amide bonds. The molecule has 2 aliphatic heterocycles. The Bertz CT molecular complexity index is 716. The number of thioether (sulfide) groups is 2. The van der Waals surface area contributed by atoms with Crippen LogP contribution in [0.3, 0.4) is 0 Å². The number of amidine groups is 2. The van der Waals surface area contributed by atoms with Gasteiger partial charge in [0.1, 0.15) is 5.82 Å². The smallest absolute Gasteiger partial charge is 0.154 e. The molecule has 0 fully saturated rings. The molecule has 10 heteroatoms. The zero-order valence-electron chi connectivity index (χ0n) is 13.6. The highest BCUT2D eigenvalue weighted by Crippen LogP contribution is 2.18. The van der Waals surface area contributed by atoms with E-state index in [4.69, 9.17) is 11.5 Å². The Kier molecular flexibility index (Phi) is 6.29. The first kappa shape index (κ1) is 17.7. The molecule has 4 rings (SSSR count). The van der Waals surface area contributed by atoms with Gasteiger partial charge in [0, 0.05) is 55.3 Å². The second kappa shape index (κ2) is 8.86. The van der Waals surface area contributed by atoms with Gasteiger partial charge >= 0.3 is 0 Å². The number of nitrogens with one attached hydrogen (secondary N) is 1. The van der Waals surface area contributed by atoms with Crippen LogP contribution in [0.15, 0.2) is 41.0 Å². The number of imidazole rings is 1. The van der Waals surface area contributed by atoms with Gasteiger partial charge in [-0.15, -0.1) is 0 Å². The molecule has 0 aliphatic carbocycles. The molecule has 25 heavy (non-hydrogen) atoms. The third kappa shape index (κ3) is 5.75. The maximum absolute atomic E-state index is 5.56. The van der Waals surface area contributed by atoms with Crippen LogP contribution in [0.2, 0.25) is 0 Å². The molecule has 5 N–H and O–H groups in total. The molecule has 0 bridgehead atoms. The van der Waals surface area contributed by atoms with E-state index in [1.165, 1.54) is 0 Å². The lowest BCUT2D eigenvalue weighted by Crippen LogP contribution is -2.09. The summed E-state index contributed by atoms with van der Waals surface area (Å²) in [6, 6.07) is 0.586. The Morgan fingerprint density at radius 3 is 2.20 bits per heavy atom. The number of rotatable bonds is 4. The van der Waals surface area contributed by atoms with Gasteiger partial charge in [-0.25, -0.2) is 4.98 Å². The van der Waals surface area contributed by atoms with Crippen LogP contribution in [-0.4, -0.2) is 53.9 Å². The van der Waals surface area contributed by atoms with Crippen molar-refractivity contribution in [3.8, 4) is 0 Å². The molecule has 0 spiro atoms. The van der Waals surface area contributed by atoms with Gasteiger partial charge in [-0.1, -0.05) is 23.5 Å². The van der Waals surface area contributed by atoms with Gasteiger partial charge < -0.3 is 16.5 Å². The van der Waals surface area contributed by atoms with E-state index in [1.807, 2.05) is 6.20 Å². The second-order valence-corrected chi connectivity index (χ2v) is 7.59. The zero-order chi connectivity index (χ0) is 17.5. The Labute approximate surface area is 154 Å². The van der Waals surface area contributed by atoms with E-state index in [2.05, 4.69) is 29.9 Å². The van der Waals surface area contributed by atoms with Gasteiger partial charge in [0.2, 0.25) is 0 Å². The van der Waals surface area contributed by atoms with Crippen LogP contribution in [0.25, 0.3) is 0 Å². The van der Waals surface area contributed by atoms with Crippen LogP contribution >= 0.6 is 23.5 Å². The summed E-state index contributed by atoms with van der Waals surface area (Å²) in [5, 5.41) is 1.39. The number of aromatic amines is 1. The maximum atomic E-state index is 5.56. The summed E-state index contributed by atoms with van der Waals surface area (Å²) < 4.78 is 0. The molecule has 0 aromatic carbocycles. The third-order valence-corrected chi connectivity index (χ3v) is 5.42. The van der Waals surface area contributed by atoms with Crippen LogP contribution in [0, 0.1) is 0 Å². The molecule has 2 atom stereocenters. The second-order valence-electron chi connectivity index (χ2n) is 5.51. The summed E-state index contributed by atoms with van der Waals surface area (Å²) in [7, 11) is 0. The van der Waals surface area contributed by atoms with E-state index in [0.29, 0.717) is 16.4 Å². The minimum absolute atomic E-state index is 0.279. The van der Waals surface area contributed by atoms with Crippen LogP contribution in [0.1, 0.15) is 11.5 Å². The number of H-pyrrole nitrogens is 1. The van der Waals surface area contributed by atoms with Crippen molar-refractivity contribution in [3.63, 3.8) is 0 Å². The average molecular weight is 377 g/mol. The van der Waals surface area contributed by atoms with Gasteiger partial charge in [-0.3, -0.25) is 20.0 Å². The molecule has 0 saturated carbocycles. The molecular formula is C15H20N8S2. The molecule has 2 aromatic heterocycles. The Morgan fingerprint density at radius 1 is 0.960 bits per heavy atom. The number of hydrogen-bond acceptors (Lipinski definition) is 9. The van der Waals surface area contributed by atoms with Gasteiger partial charge in [0.15, 0.2) is 10.3 Å². The fourth-order valence-electron chi connectivity index (χ4n) is 2.39. The van der Waals surface area contributed by atoms with Crippen LogP contribution in [0.4, 0.5) is 0 Å². The molecule has 0 radical (unpaired) electrons. The summed E-state index contributed by atoms with van der Waals surface area (Å²) >= 11 is 3.22. The van der Waals surface area contributed by atoms with Crippen molar-refractivity contribution in [1.82, 2.24) is 19.9 Å². The molecule has 0 saturated heterocycles. The summed E-state index contributed by atoms with van der Waals surface area (Å²) in [5.74, 6) is 2.92. The van der Waals surface area contributed by atoms with E-state index in [0.717, 1.165) is 35.9 Å². The first-order chi connectivity index (χ1) is 12.2. The molecule has 2 aromatic rings. The summed E-state index contributed by atoms with van der Waals surface area (Å²) in [6.07, 6.45) is 10.4. The van der Waals surface area contributed by atoms with Gasteiger partial charge in [0.25, 0.3) is 0 Å². The minimum Gasteiger partial charge on any atom is -0.379 e. The largest absolute Gasteiger partial charge is 0.379 e. The lowest BCUT2D eigenvalue weighted by atomic mass is 10.2. The average Bonchev–Trinajstić information content (AvgIpc) is 3.34. The number of hydrogen-bond donors (Lipinski definition) is 3. The monoisotopic (exact) mass is 376 g/mol. The standard InChI is InChI=1S/C8H10N4S.C7H10N4S/c9-8-12-7(5-13-8)3-6-4-10-1-2-11-6;8-7-11-5(4-12-7)3-6-9-1-2-10-6/h1-2,4,7H,3,5H2,(H2,9,12);1-2,5H,3-4H2,(H2,8,11)(H,9,10)/t7-;5-/m11/s1. The molecule has 132 valence electrons. The highest BCUT2D eigenvalue weighted by Gasteiger charge is 2.17. The summed E-state index contributed by atoms with van der Waals surface area (Å²) in [4.78, 5) is 23.9. The van der Waals surface area contributed by atoms with Crippen molar-refractivity contribution in [2.45, 2.75) is 24.9 Å². The fourth-order valence-corrected chi connectivity index (χ4v) is 3.95. The van der Waals surface area contributed by atoms with E-state index < -0.39 is 0 Å². The van der Waals surface area contributed by atoms with Crippen molar-refractivity contribution >= 4 is 33.9 Å². The van der Waals surface area contributed by atoms with Crippen molar-refractivity contribution in [2.24, 2.45) is 21.5 Å². The van der Waals surface area contributed by atoms with Crippen LogP contribution < -0.4 is 11.5 Å². The normalized spacial score (nSPS) is 22.1. The van der Waals surface area contributed by atoms with Gasteiger partial charge in [-0.2, -0.15) is 0 Å². The predicted molar refractivity (Wildman–Crippen MR) is 104 cm³/mol. The third-order valence-electron chi connectivity index (χ3n) is 3.51. The first-order valence-electron chi connectivity index (χ1n) is 7.84. The van der Waals surface area contributed by atoms with E-state index in [1.54, 1.807) is 48.3 Å². The quantitative estimate of drug-likeness (QED) is 0.720. The van der Waals surface area contributed by atoms with Crippen molar-refractivity contribution in [3.05, 3.63) is 42.5 Å². The maximum Gasteiger partial charge on any atom is 0.154 e. The van der Waals surface area contributed by atoms with E-state index in [-0.39, 0.29) is 6.04 Å². The number of aliphatic imine (C=N–C) groups is 2. The van der Waals surface area contributed by atoms with Crippen LogP contribution in [-0.2, 0) is 12.8 Å². The van der Waals surface area contributed by atoms with Crippen molar-refractivity contribution in [2.75, 3.05) is 11.5 Å². The number of nitrogens with zero attached hydrogens (tertiary/aromatic N) is 5. The molecule has 0 unspecified atom stereocenters. The zero-order valence-corrected chi connectivity index (χ0v) is 15.2. The Balaban J connectivity index is 0.000000146. The Hall–Kier alpha value is -2.07. The topological polar surface area (TPSA) is 131 Å². The molecular weight excluding hydrogens is 356 g/mol. The van der Waals surface area contributed by atoms with Crippen LogP contribution in [0.5, 0.6) is 0 Å². The van der Waals surface area contributed by atoms with Crippen molar-refractivity contribution in [1.29, 1.82) is 0 Å². The highest BCUT2D eigenvalue weighted by molar-refractivity contribution is 8.14. The van der Waals surface area contributed by atoms with Crippen molar-refractivity contribution < 1.29 is 0 Å². The van der Waals surface area contributed by atoms with Gasteiger partial charge in [0.05, 0.1) is 17.8 Å². The van der Waals surface area contributed by atoms with E-state index >= 15 is 0 Å². The van der Waals surface area contributed by atoms with E-state index in [9.17, 15) is 0 Å². The molecule has 8 nitrogen and oxygen atoms in total. The molecule has 2 aliphatic rings. The fraction of sp³-hybridized carbons (Fsp3) is 0.400. The lowest BCUT2D eigenvalue weighted by Gasteiger charge is -2.02. The number of aromatic nitrogens is 4. The summed E-state index contributed by atoms with van der Waals surface area (Å²) in [6.45, 7) is 0. The predicted octanol–water partition coefficient (Wildman–Crippen LogP) is 0.832. The Morgan fingerprint density at radius 2 is 1.68 bits per heavy atom. The first-order valence-corrected chi connectivity index (χ1v) is 9.81. The molecule has 4 heterocycles. The minimum atomic E-state index is 0.279.